The maximum atomic E-state index is 13.4. The van der Waals surface area contributed by atoms with Gasteiger partial charge in [-0.25, -0.2) is 12.8 Å². The maximum Gasteiger partial charge on any atom is 0.271 e. The molecule has 1 aromatic heterocycles. The second kappa shape index (κ2) is 7.55. The first-order valence-electron chi connectivity index (χ1n) is 8.42. The number of rotatable bonds is 4. The van der Waals surface area contributed by atoms with E-state index in [1.165, 1.54) is 35.7 Å². The topological polar surface area (TPSA) is 86.4 Å². The van der Waals surface area contributed by atoms with Crippen molar-refractivity contribution in [3.05, 3.63) is 48.0 Å². The summed E-state index contributed by atoms with van der Waals surface area (Å²) in [5.74, 6) is -0.726. The van der Waals surface area contributed by atoms with E-state index in [-0.39, 0.29) is 16.8 Å². The van der Waals surface area contributed by atoms with E-state index in [2.05, 4.69) is 10.2 Å². The van der Waals surface area contributed by atoms with Crippen molar-refractivity contribution < 1.29 is 17.6 Å². The van der Waals surface area contributed by atoms with Crippen LogP contribution in [0.2, 0.25) is 0 Å². The number of benzene rings is 1. The average molecular weight is 380 g/mol. The molecular formula is C17H21FN4O3S. The molecule has 140 valence electrons. The first-order valence-corrected chi connectivity index (χ1v) is 9.86. The number of aromatic nitrogens is 2. The van der Waals surface area contributed by atoms with Crippen LogP contribution in [-0.2, 0) is 10.0 Å². The van der Waals surface area contributed by atoms with Crippen molar-refractivity contribution in [3.63, 3.8) is 0 Å². The largest absolute Gasteiger partial charge is 0.337 e. The Morgan fingerprint density at radius 2 is 2.12 bits per heavy atom. The molecular weight excluding hydrogens is 359 g/mol. The van der Waals surface area contributed by atoms with E-state index in [0.717, 1.165) is 6.07 Å². The first-order chi connectivity index (χ1) is 12.4. The lowest BCUT2D eigenvalue weighted by atomic mass is 10.1. The number of carbonyl (C=O) groups excluding carboxylic acids is 1. The van der Waals surface area contributed by atoms with Crippen LogP contribution in [-0.4, -0.2) is 59.9 Å². The van der Waals surface area contributed by atoms with Crippen LogP contribution >= 0.6 is 0 Å². The van der Waals surface area contributed by atoms with Gasteiger partial charge in [-0.15, -0.1) is 0 Å². The third kappa shape index (κ3) is 3.78. The number of hydrogen-bond acceptors (Lipinski definition) is 4. The predicted molar refractivity (Wildman–Crippen MR) is 93.5 cm³/mol. The third-order valence-electron chi connectivity index (χ3n) is 4.70. The second-order valence-corrected chi connectivity index (χ2v) is 8.32. The molecule has 1 saturated heterocycles. The lowest BCUT2D eigenvalue weighted by Crippen LogP contribution is -2.38. The Kier molecular flexibility index (Phi) is 5.38. The molecule has 2 heterocycles. The van der Waals surface area contributed by atoms with Gasteiger partial charge in [0.25, 0.3) is 5.91 Å². The summed E-state index contributed by atoms with van der Waals surface area (Å²) < 4.78 is 40.2. The summed E-state index contributed by atoms with van der Waals surface area (Å²) in [7, 11) is -2.27. The van der Waals surface area contributed by atoms with Crippen molar-refractivity contribution in [2.75, 3.05) is 20.1 Å². The Hall–Kier alpha value is -2.26. The molecule has 2 aromatic rings. The molecule has 1 amide bonds. The minimum atomic E-state index is -3.78. The maximum absolute atomic E-state index is 13.4. The summed E-state index contributed by atoms with van der Waals surface area (Å²) in [5, 5.41) is 6.44. The number of nitrogens with one attached hydrogen (secondary N) is 1. The minimum Gasteiger partial charge on any atom is -0.337 e. The Morgan fingerprint density at radius 1 is 1.31 bits per heavy atom. The highest BCUT2D eigenvalue weighted by atomic mass is 32.2. The fourth-order valence-corrected chi connectivity index (χ4v) is 4.63. The second-order valence-electron chi connectivity index (χ2n) is 6.33. The Balaban J connectivity index is 1.71. The average Bonchev–Trinajstić information content (AvgIpc) is 3.05. The van der Waals surface area contributed by atoms with Gasteiger partial charge in [-0.1, -0.05) is 6.07 Å². The van der Waals surface area contributed by atoms with Crippen LogP contribution in [0.15, 0.2) is 41.4 Å². The van der Waals surface area contributed by atoms with E-state index < -0.39 is 15.8 Å². The van der Waals surface area contributed by atoms with Crippen molar-refractivity contribution >= 4 is 15.9 Å². The number of nitrogens with zero attached hydrogens (tertiary/aromatic N) is 3. The molecule has 26 heavy (non-hydrogen) atoms. The van der Waals surface area contributed by atoms with Crippen LogP contribution in [0.3, 0.4) is 0 Å². The van der Waals surface area contributed by atoms with E-state index in [9.17, 15) is 17.6 Å². The van der Waals surface area contributed by atoms with Gasteiger partial charge >= 0.3 is 0 Å². The zero-order chi connectivity index (χ0) is 18.7. The smallest absolute Gasteiger partial charge is 0.271 e. The number of aromatic amines is 1. The number of H-pyrrole nitrogens is 1. The van der Waals surface area contributed by atoms with Gasteiger partial charge < -0.3 is 4.90 Å². The fraction of sp³-hybridized carbons (Fsp3) is 0.412. The Bertz CT molecular complexity index is 870. The SMILES string of the molecule is CN(C1CCCN(C(=O)c2ccn[nH]2)CC1)S(=O)(=O)c1cccc(F)c1. The van der Waals surface area contributed by atoms with Crippen LogP contribution < -0.4 is 0 Å². The first kappa shape index (κ1) is 18.5. The van der Waals surface area contributed by atoms with Gasteiger partial charge in [0.1, 0.15) is 11.5 Å². The van der Waals surface area contributed by atoms with E-state index in [1.54, 1.807) is 11.0 Å². The third-order valence-corrected chi connectivity index (χ3v) is 6.61. The summed E-state index contributed by atoms with van der Waals surface area (Å²) in [5.41, 5.74) is 0.421. The molecule has 1 fully saturated rings. The summed E-state index contributed by atoms with van der Waals surface area (Å²) >= 11 is 0. The molecule has 9 heteroatoms. The van der Waals surface area contributed by atoms with Crippen molar-refractivity contribution in [1.29, 1.82) is 0 Å². The monoisotopic (exact) mass is 380 g/mol. The summed E-state index contributed by atoms with van der Waals surface area (Å²) in [6, 6.07) is 6.38. The molecule has 1 aliphatic heterocycles. The molecule has 1 unspecified atom stereocenters. The standard InChI is InChI=1S/C17H21FN4O3S/c1-21(26(24,25)15-6-2-4-13(18)12-15)14-5-3-10-22(11-8-14)17(23)16-7-9-19-20-16/h2,4,6-7,9,12,14H,3,5,8,10-11H2,1H3,(H,19,20). The summed E-state index contributed by atoms with van der Waals surface area (Å²) in [6.07, 6.45) is 3.36. The van der Waals surface area contributed by atoms with E-state index in [1.807, 2.05) is 0 Å². The van der Waals surface area contributed by atoms with Crippen LogP contribution in [0.1, 0.15) is 29.8 Å². The van der Waals surface area contributed by atoms with Gasteiger partial charge in [0.2, 0.25) is 10.0 Å². The van der Waals surface area contributed by atoms with Gasteiger partial charge in [0.05, 0.1) is 4.90 Å². The molecule has 1 N–H and O–H groups in total. The molecule has 0 radical (unpaired) electrons. The van der Waals surface area contributed by atoms with E-state index in [4.69, 9.17) is 0 Å². The van der Waals surface area contributed by atoms with Crippen molar-refractivity contribution in [3.8, 4) is 0 Å². The number of halogens is 1. The molecule has 0 saturated carbocycles. The van der Waals surface area contributed by atoms with Crippen molar-refractivity contribution in [2.45, 2.75) is 30.2 Å². The molecule has 1 atom stereocenters. The van der Waals surface area contributed by atoms with Crippen LogP contribution in [0, 0.1) is 5.82 Å². The number of amides is 1. The normalized spacial score (nSPS) is 18.7. The number of likely N-dealkylation sites (tertiary alicyclic amines) is 1. The van der Waals surface area contributed by atoms with Crippen molar-refractivity contribution in [2.24, 2.45) is 0 Å². The zero-order valence-electron chi connectivity index (χ0n) is 14.4. The van der Waals surface area contributed by atoms with Gasteiger partial charge in [0, 0.05) is 32.4 Å². The molecule has 0 spiro atoms. The lowest BCUT2D eigenvalue weighted by Gasteiger charge is -2.26. The van der Waals surface area contributed by atoms with E-state index >= 15 is 0 Å². The lowest BCUT2D eigenvalue weighted by molar-refractivity contribution is 0.0754. The quantitative estimate of drug-likeness (QED) is 0.877. The van der Waals surface area contributed by atoms with Crippen molar-refractivity contribution in [1.82, 2.24) is 19.4 Å². The highest BCUT2D eigenvalue weighted by molar-refractivity contribution is 7.89. The summed E-state index contributed by atoms with van der Waals surface area (Å²) in [6.45, 7) is 1.01. The van der Waals surface area contributed by atoms with Crippen LogP contribution in [0.25, 0.3) is 0 Å². The number of carbonyl (C=O) groups is 1. The predicted octanol–water partition coefficient (Wildman–Crippen LogP) is 1.86. The Labute approximate surface area is 151 Å². The number of hydrogen-bond donors (Lipinski definition) is 1. The van der Waals surface area contributed by atoms with Gasteiger partial charge in [-0.2, -0.15) is 9.40 Å². The highest BCUT2D eigenvalue weighted by Gasteiger charge is 2.31. The van der Waals surface area contributed by atoms with Crippen LogP contribution in [0.4, 0.5) is 4.39 Å². The zero-order valence-corrected chi connectivity index (χ0v) is 15.2. The Morgan fingerprint density at radius 3 is 2.81 bits per heavy atom. The molecule has 1 aliphatic rings. The minimum absolute atomic E-state index is 0.0605. The molecule has 0 bridgehead atoms. The molecule has 1 aromatic carbocycles. The highest BCUT2D eigenvalue weighted by Crippen LogP contribution is 2.23. The molecule has 0 aliphatic carbocycles. The summed E-state index contributed by atoms with van der Waals surface area (Å²) in [4.78, 5) is 14.1. The molecule has 3 rings (SSSR count). The van der Waals surface area contributed by atoms with Gasteiger partial charge in [-0.05, 0) is 43.5 Å². The van der Waals surface area contributed by atoms with E-state index in [0.29, 0.717) is 38.0 Å². The molecule has 7 nitrogen and oxygen atoms in total. The van der Waals surface area contributed by atoms with Crippen LogP contribution in [0.5, 0.6) is 0 Å². The van der Waals surface area contributed by atoms with Gasteiger partial charge in [0.15, 0.2) is 0 Å². The van der Waals surface area contributed by atoms with Gasteiger partial charge in [-0.3, -0.25) is 9.89 Å². The number of sulfonamides is 1. The fourth-order valence-electron chi connectivity index (χ4n) is 3.18.